The predicted molar refractivity (Wildman–Crippen MR) is 81.0 cm³/mol. The van der Waals surface area contributed by atoms with Gasteiger partial charge in [-0.1, -0.05) is 0 Å². The van der Waals surface area contributed by atoms with Gasteiger partial charge in [-0.3, -0.25) is 9.78 Å². The molecule has 0 aliphatic carbocycles. The van der Waals surface area contributed by atoms with Gasteiger partial charge in [0.05, 0.1) is 11.9 Å². The second-order valence-electron chi connectivity index (χ2n) is 6.19. The molecule has 1 amide bonds. The molecule has 114 valence electrons. The highest BCUT2D eigenvalue weighted by molar-refractivity contribution is 5.92. The first-order valence-corrected chi connectivity index (χ1v) is 8.06. The maximum atomic E-state index is 12.8. The van der Waals surface area contributed by atoms with Gasteiger partial charge in [0.15, 0.2) is 0 Å². The summed E-state index contributed by atoms with van der Waals surface area (Å²) in [4.78, 5) is 23.3. The second-order valence-corrected chi connectivity index (χ2v) is 6.19. The normalized spacial score (nSPS) is 24.0. The molecule has 0 unspecified atom stereocenters. The minimum Gasteiger partial charge on any atom is -0.334 e. The Bertz CT molecular complexity index is 482. The van der Waals surface area contributed by atoms with Gasteiger partial charge >= 0.3 is 0 Å². The summed E-state index contributed by atoms with van der Waals surface area (Å²) in [5.41, 5.74) is 1.33. The standard InChI is InChI=1S/C16H24N4O/c1-12-10-19-14(11-18-12)16(21)20-9-3-2-4-15(20)13-5-7-17-8-6-13/h10-11,13,15,17H,2-9H2,1H3/t15-/m1/s1. The van der Waals surface area contributed by atoms with Gasteiger partial charge in [0.2, 0.25) is 0 Å². The summed E-state index contributed by atoms with van der Waals surface area (Å²) in [6, 6.07) is 0.386. The van der Waals surface area contributed by atoms with E-state index in [0.717, 1.165) is 38.2 Å². The Balaban J connectivity index is 1.76. The average molecular weight is 288 g/mol. The predicted octanol–water partition coefficient (Wildman–Crippen LogP) is 1.78. The molecule has 2 fully saturated rings. The zero-order valence-corrected chi connectivity index (χ0v) is 12.7. The van der Waals surface area contributed by atoms with E-state index in [0.29, 0.717) is 17.7 Å². The smallest absolute Gasteiger partial charge is 0.274 e. The van der Waals surface area contributed by atoms with Crippen molar-refractivity contribution in [3.63, 3.8) is 0 Å². The Morgan fingerprint density at radius 2 is 2.00 bits per heavy atom. The molecule has 0 aromatic carbocycles. The molecule has 0 radical (unpaired) electrons. The first-order valence-electron chi connectivity index (χ1n) is 8.06. The minimum atomic E-state index is 0.0609. The van der Waals surface area contributed by atoms with Gasteiger partial charge in [0.1, 0.15) is 5.69 Å². The fraction of sp³-hybridized carbons (Fsp3) is 0.688. The number of hydrogen-bond acceptors (Lipinski definition) is 4. The number of aromatic nitrogens is 2. The molecule has 21 heavy (non-hydrogen) atoms. The van der Waals surface area contributed by atoms with Crippen LogP contribution in [-0.4, -0.2) is 46.5 Å². The Labute approximate surface area is 126 Å². The Hall–Kier alpha value is -1.49. The van der Waals surface area contributed by atoms with E-state index >= 15 is 0 Å². The van der Waals surface area contributed by atoms with E-state index in [2.05, 4.69) is 20.2 Å². The van der Waals surface area contributed by atoms with Crippen molar-refractivity contribution in [2.75, 3.05) is 19.6 Å². The second kappa shape index (κ2) is 6.52. The number of aryl methyl sites for hydroxylation is 1. The molecule has 2 aliphatic heterocycles. The van der Waals surface area contributed by atoms with Crippen molar-refractivity contribution in [1.29, 1.82) is 0 Å². The molecule has 1 N–H and O–H groups in total. The van der Waals surface area contributed by atoms with Crippen LogP contribution in [0.4, 0.5) is 0 Å². The molecule has 2 aliphatic rings. The van der Waals surface area contributed by atoms with Crippen molar-refractivity contribution in [3.05, 3.63) is 23.8 Å². The number of carbonyl (C=O) groups excluding carboxylic acids is 1. The fourth-order valence-electron chi connectivity index (χ4n) is 3.58. The van der Waals surface area contributed by atoms with Crippen LogP contribution in [0, 0.1) is 12.8 Å². The Morgan fingerprint density at radius 1 is 1.19 bits per heavy atom. The Kier molecular flexibility index (Phi) is 4.48. The summed E-state index contributed by atoms with van der Waals surface area (Å²) in [6.45, 7) is 4.91. The van der Waals surface area contributed by atoms with Gasteiger partial charge in [-0.2, -0.15) is 0 Å². The van der Waals surface area contributed by atoms with Gasteiger partial charge in [-0.05, 0) is 58.0 Å². The molecule has 0 bridgehead atoms. The lowest BCUT2D eigenvalue weighted by Gasteiger charge is -2.41. The van der Waals surface area contributed by atoms with E-state index in [-0.39, 0.29) is 5.91 Å². The first-order chi connectivity index (χ1) is 10.3. The lowest BCUT2D eigenvalue weighted by atomic mass is 9.84. The van der Waals surface area contributed by atoms with Gasteiger partial charge < -0.3 is 10.2 Å². The fourth-order valence-corrected chi connectivity index (χ4v) is 3.58. The quantitative estimate of drug-likeness (QED) is 0.901. The van der Waals surface area contributed by atoms with Crippen LogP contribution < -0.4 is 5.32 Å². The molecule has 0 spiro atoms. The zero-order valence-electron chi connectivity index (χ0n) is 12.7. The number of piperidine rings is 2. The molecule has 5 heteroatoms. The number of hydrogen-bond donors (Lipinski definition) is 1. The third-order valence-electron chi connectivity index (χ3n) is 4.74. The molecule has 2 saturated heterocycles. The molecule has 1 atom stereocenters. The maximum Gasteiger partial charge on any atom is 0.274 e. The largest absolute Gasteiger partial charge is 0.334 e. The lowest BCUT2D eigenvalue weighted by molar-refractivity contribution is 0.0469. The van der Waals surface area contributed by atoms with Crippen molar-refractivity contribution in [3.8, 4) is 0 Å². The molecule has 1 aromatic heterocycles. The van der Waals surface area contributed by atoms with Crippen LogP contribution in [0.2, 0.25) is 0 Å². The van der Waals surface area contributed by atoms with Crippen LogP contribution in [0.1, 0.15) is 48.3 Å². The van der Waals surface area contributed by atoms with E-state index in [9.17, 15) is 4.79 Å². The third-order valence-corrected chi connectivity index (χ3v) is 4.74. The van der Waals surface area contributed by atoms with E-state index in [1.54, 1.807) is 12.4 Å². The maximum absolute atomic E-state index is 12.8. The molecule has 1 aromatic rings. The first kappa shape index (κ1) is 14.4. The van der Waals surface area contributed by atoms with Crippen LogP contribution in [0.25, 0.3) is 0 Å². The number of nitrogens with one attached hydrogen (secondary N) is 1. The summed E-state index contributed by atoms with van der Waals surface area (Å²) in [5, 5.41) is 3.41. The summed E-state index contributed by atoms with van der Waals surface area (Å²) >= 11 is 0. The molecule has 3 heterocycles. The van der Waals surface area contributed by atoms with Crippen LogP contribution >= 0.6 is 0 Å². The van der Waals surface area contributed by atoms with Crippen LogP contribution in [0.5, 0.6) is 0 Å². The van der Waals surface area contributed by atoms with E-state index < -0.39 is 0 Å². The van der Waals surface area contributed by atoms with E-state index in [1.807, 2.05) is 6.92 Å². The highest BCUT2D eigenvalue weighted by atomic mass is 16.2. The van der Waals surface area contributed by atoms with E-state index in [1.165, 1.54) is 19.3 Å². The van der Waals surface area contributed by atoms with Gasteiger partial charge in [-0.15, -0.1) is 0 Å². The summed E-state index contributed by atoms with van der Waals surface area (Å²) < 4.78 is 0. The van der Waals surface area contributed by atoms with Crippen LogP contribution in [-0.2, 0) is 0 Å². The number of carbonyl (C=O) groups is 1. The van der Waals surface area contributed by atoms with Crippen molar-refractivity contribution in [1.82, 2.24) is 20.2 Å². The monoisotopic (exact) mass is 288 g/mol. The van der Waals surface area contributed by atoms with Crippen molar-refractivity contribution >= 4 is 5.91 Å². The summed E-state index contributed by atoms with van der Waals surface area (Å²) in [5.74, 6) is 0.694. The highest BCUT2D eigenvalue weighted by Gasteiger charge is 2.34. The van der Waals surface area contributed by atoms with Gasteiger partial charge in [-0.25, -0.2) is 4.98 Å². The number of rotatable bonds is 2. The molecule has 5 nitrogen and oxygen atoms in total. The highest BCUT2D eigenvalue weighted by Crippen LogP contribution is 2.29. The van der Waals surface area contributed by atoms with Crippen LogP contribution in [0.3, 0.4) is 0 Å². The van der Waals surface area contributed by atoms with Gasteiger partial charge in [0, 0.05) is 18.8 Å². The number of likely N-dealkylation sites (tertiary alicyclic amines) is 1. The lowest BCUT2D eigenvalue weighted by Crippen LogP contribution is -2.50. The molecular weight excluding hydrogens is 264 g/mol. The number of nitrogens with zero attached hydrogens (tertiary/aromatic N) is 3. The summed E-state index contributed by atoms with van der Waals surface area (Å²) in [7, 11) is 0. The number of amides is 1. The third kappa shape index (κ3) is 3.23. The van der Waals surface area contributed by atoms with E-state index in [4.69, 9.17) is 0 Å². The molecular formula is C16H24N4O. The topological polar surface area (TPSA) is 58.1 Å². The van der Waals surface area contributed by atoms with Crippen molar-refractivity contribution < 1.29 is 4.79 Å². The summed E-state index contributed by atoms with van der Waals surface area (Å²) in [6.07, 6.45) is 9.12. The van der Waals surface area contributed by atoms with Crippen molar-refractivity contribution in [2.24, 2.45) is 5.92 Å². The Morgan fingerprint density at radius 3 is 2.71 bits per heavy atom. The SMILES string of the molecule is Cc1cnc(C(=O)N2CCCC[C@@H]2C2CCNCC2)cn1. The van der Waals surface area contributed by atoms with Gasteiger partial charge in [0.25, 0.3) is 5.91 Å². The van der Waals surface area contributed by atoms with Crippen LogP contribution in [0.15, 0.2) is 12.4 Å². The minimum absolute atomic E-state index is 0.0609. The zero-order chi connectivity index (χ0) is 14.7. The van der Waals surface area contributed by atoms with Crippen molar-refractivity contribution in [2.45, 2.75) is 45.1 Å². The molecule has 3 rings (SSSR count). The average Bonchev–Trinajstić information content (AvgIpc) is 2.56. The molecule has 0 saturated carbocycles.